The second-order valence-corrected chi connectivity index (χ2v) is 6.29. The molecule has 0 aliphatic carbocycles. The first-order valence-corrected chi connectivity index (χ1v) is 8.06. The Bertz CT molecular complexity index is 821. The van der Waals surface area contributed by atoms with Crippen LogP contribution in [0.25, 0.3) is 9.88 Å². The third kappa shape index (κ3) is 3.10. The normalized spacial score (nSPS) is 9.95. The van der Waals surface area contributed by atoms with E-state index in [0.717, 1.165) is 15.4 Å². The minimum atomic E-state index is 0.00710. The Morgan fingerprint density at radius 2 is 1.90 bits per heavy atom. The third-order valence-corrected chi connectivity index (χ3v) is 4.97. The van der Waals surface area contributed by atoms with Gasteiger partial charge in [0.25, 0.3) is 0 Å². The van der Waals surface area contributed by atoms with Gasteiger partial charge in [-0.3, -0.25) is 4.79 Å². The van der Waals surface area contributed by atoms with Crippen LogP contribution in [0.15, 0.2) is 47.8 Å². The van der Waals surface area contributed by atoms with Crippen LogP contribution in [0.2, 0.25) is 0 Å². The number of thiazole rings is 1. The van der Waals surface area contributed by atoms with Crippen molar-refractivity contribution in [2.24, 2.45) is 0 Å². The molecular weight excluding hydrogens is 298 g/mol. The number of thiophene rings is 1. The van der Waals surface area contributed by atoms with Gasteiger partial charge in [-0.25, -0.2) is 4.98 Å². The fourth-order valence-corrected chi connectivity index (χ4v) is 3.51. The first kappa shape index (κ1) is 13.7. The first-order chi connectivity index (χ1) is 10.2. The van der Waals surface area contributed by atoms with Gasteiger partial charge in [-0.1, -0.05) is 30.2 Å². The molecule has 2 nitrogen and oxygen atoms in total. The summed E-state index contributed by atoms with van der Waals surface area (Å²) >= 11 is 3.02. The molecule has 0 aliphatic heterocycles. The van der Waals surface area contributed by atoms with Gasteiger partial charge in [0.1, 0.15) is 15.6 Å². The van der Waals surface area contributed by atoms with Crippen molar-refractivity contribution in [1.29, 1.82) is 0 Å². The SMILES string of the molecule is CC(=O)c1sc(-c2cccs2)nc1C#Cc1ccccc1. The smallest absolute Gasteiger partial charge is 0.172 e. The van der Waals surface area contributed by atoms with Gasteiger partial charge in [-0.15, -0.1) is 22.7 Å². The quantitative estimate of drug-likeness (QED) is 0.516. The van der Waals surface area contributed by atoms with Gasteiger partial charge in [0.2, 0.25) is 0 Å². The van der Waals surface area contributed by atoms with Crippen molar-refractivity contribution >= 4 is 28.5 Å². The number of nitrogens with zero attached hydrogens (tertiary/aromatic N) is 1. The lowest BCUT2D eigenvalue weighted by molar-refractivity contribution is 0.102. The number of carbonyl (C=O) groups is 1. The van der Waals surface area contributed by atoms with E-state index in [1.54, 1.807) is 18.3 Å². The zero-order chi connectivity index (χ0) is 14.7. The highest BCUT2D eigenvalue weighted by Gasteiger charge is 2.15. The Morgan fingerprint density at radius 1 is 1.10 bits per heavy atom. The molecule has 4 heteroatoms. The predicted molar refractivity (Wildman–Crippen MR) is 87.9 cm³/mol. The van der Waals surface area contributed by atoms with E-state index in [0.29, 0.717) is 10.6 Å². The van der Waals surface area contributed by atoms with E-state index in [1.807, 2.05) is 47.8 Å². The molecule has 1 aromatic carbocycles. The lowest BCUT2D eigenvalue weighted by Crippen LogP contribution is -1.91. The minimum Gasteiger partial charge on any atom is -0.293 e. The van der Waals surface area contributed by atoms with Gasteiger partial charge >= 0.3 is 0 Å². The van der Waals surface area contributed by atoms with Gasteiger partial charge in [0, 0.05) is 12.5 Å². The summed E-state index contributed by atoms with van der Waals surface area (Å²) in [5, 5.41) is 2.85. The largest absolute Gasteiger partial charge is 0.293 e. The molecule has 0 aliphatic rings. The number of carbonyl (C=O) groups excluding carboxylic acids is 1. The molecule has 102 valence electrons. The number of rotatable bonds is 2. The predicted octanol–water partition coefficient (Wildman–Crippen LogP) is 4.47. The van der Waals surface area contributed by atoms with Crippen molar-refractivity contribution in [3.05, 3.63) is 64.0 Å². The Labute approximate surface area is 131 Å². The maximum atomic E-state index is 11.8. The third-order valence-electron chi connectivity index (χ3n) is 2.78. The number of benzene rings is 1. The second kappa shape index (κ2) is 6.04. The van der Waals surface area contributed by atoms with E-state index < -0.39 is 0 Å². The molecule has 0 saturated carbocycles. The van der Waals surface area contributed by atoms with Crippen LogP contribution >= 0.6 is 22.7 Å². The second-order valence-electron chi connectivity index (χ2n) is 4.35. The Hall–Kier alpha value is -2.22. The van der Waals surface area contributed by atoms with E-state index in [-0.39, 0.29) is 5.78 Å². The summed E-state index contributed by atoms with van der Waals surface area (Å²) in [6.07, 6.45) is 0. The molecule has 3 rings (SSSR count). The van der Waals surface area contributed by atoms with Crippen molar-refractivity contribution in [1.82, 2.24) is 4.98 Å². The molecule has 0 amide bonds. The fraction of sp³-hybridized carbons (Fsp3) is 0.0588. The molecule has 0 bridgehead atoms. The minimum absolute atomic E-state index is 0.00710. The molecule has 0 saturated heterocycles. The topological polar surface area (TPSA) is 30.0 Å². The Kier molecular flexibility index (Phi) is 3.96. The molecule has 0 atom stereocenters. The average Bonchev–Trinajstić information content (AvgIpc) is 3.15. The molecule has 0 unspecified atom stereocenters. The van der Waals surface area contributed by atoms with E-state index in [2.05, 4.69) is 16.8 Å². The molecular formula is C17H11NOS2. The van der Waals surface area contributed by atoms with E-state index in [1.165, 1.54) is 11.3 Å². The van der Waals surface area contributed by atoms with E-state index >= 15 is 0 Å². The van der Waals surface area contributed by atoms with Gasteiger partial charge in [-0.2, -0.15) is 0 Å². The van der Waals surface area contributed by atoms with Gasteiger partial charge < -0.3 is 0 Å². The molecule has 0 fully saturated rings. The van der Waals surface area contributed by atoms with Crippen molar-refractivity contribution in [2.45, 2.75) is 6.92 Å². The average molecular weight is 309 g/mol. The van der Waals surface area contributed by atoms with E-state index in [9.17, 15) is 4.79 Å². The summed E-state index contributed by atoms with van der Waals surface area (Å²) in [6.45, 7) is 1.55. The Morgan fingerprint density at radius 3 is 2.57 bits per heavy atom. The maximum Gasteiger partial charge on any atom is 0.172 e. The molecule has 3 aromatic rings. The van der Waals surface area contributed by atoms with Crippen LogP contribution in [-0.2, 0) is 0 Å². The van der Waals surface area contributed by atoms with Crippen molar-refractivity contribution in [2.75, 3.05) is 0 Å². The maximum absolute atomic E-state index is 11.8. The lowest BCUT2D eigenvalue weighted by Gasteiger charge is -1.88. The van der Waals surface area contributed by atoms with Crippen molar-refractivity contribution in [3.63, 3.8) is 0 Å². The summed E-state index contributed by atoms with van der Waals surface area (Å²) in [5.74, 6) is 6.09. The lowest BCUT2D eigenvalue weighted by atomic mass is 10.2. The highest BCUT2D eigenvalue weighted by Crippen LogP contribution is 2.31. The number of Topliss-reactive ketones (excluding diaryl/α,β-unsaturated/α-hetero) is 1. The van der Waals surface area contributed by atoms with Crippen LogP contribution in [0, 0.1) is 11.8 Å². The first-order valence-electron chi connectivity index (χ1n) is 6.37. The summed E-state index contributed by atoms with van der Waals surface area (Å²) in [6, 6.07) is 13.7. The van der Waals surface area contributed by atoms with Crippen LogP contribution in [-0.4, -0.2) is 10.8 Å². The standard InChI is InChI=1S/C17H11NOS2/c1-12(19)16-14(10-9-13-6-3-2-4-7-13)18-17(21-16)15-8-5-11-20-15/h2-8,11H,1H3. The van der Waals surface area contributed by atoms with Crippen molar-refractivity contribution in [3.8, 4) is 21.7 Å². The highest BCUT2D eigenvalue weighted by atomic mass is 32.1. The molecule has 0 radical (unpaired) electrons. The van der Waals surface area contributed by atoms with Gasteiger partial charge in [0.15, 0.2) is 5.78 Å². The highest BCUT2D eigenvalue weighted by molar-refractivity contribution is 7.22. The summed E-state index contributed by atoms with van der Waals surface area (Å²) in [5.41, 5.74) is 1.48. The zero-order valence-corrected chi connectivity index (χ0v) is 12.9. The van der Waals surface area contributed by atoms with Crippen LogP contribution in [0.4, 0.5) is 0 Å². The van der Waals surface area contributed by atoms with Crippen LogP contribution in [0.5, 0.6) is 0 Å². The van der Waals surface area contributed by atoms with Crippen LogP contribution < -0.4 is 0 Å². The zero-order valence-electron chi connectivity index (χ0n) is 11.3. The van der Waals surface area contributed by atoms with Gasteiger partial charge in [0.05, 0.1) is 4.88 Å². The molecule has 0 spiro atoms. The number of hydrogen-bond donors (Lipinski definition) is 0. The summed E-state index contributed by atoms with van der Waals surface area (Å²) in [7, 11) is 0. The number of ketones is 1. The number of aromatic nitrogens is 1. The van der Waals surface area contributed by atoms with Gasteiger partial charge in [-0.05, 0) is 29.5 Å². The fourth-order valence-electron chi connectivity index (χ4n) is 1.80. The molecule has 0 N–H and O–H groups in total. The molecule has 2 heterocycles. The van der Waals surface area contributed by atoms with Crippen LogP contribution in [0.1, 0.15) is 27.9 Å². The van der Waals surface area contributed by atoms with Crippen molar-refractivity contribution < 1.29 is 4.79 Å². The number of hydrogen-bond acceptors (Lipinski definition) is 4. The Balaban J connectivity index is 2.02. The molecule has 2 aromatic heterocycles. The molecule has 21 heavy (non-hydrogen) atoms. The van der Waals surface area contributed by atoms with Crippen LogP contribution in [0.3, 0.4) is 0 Å². The van der Waals surface area contributed by atoms with E-state index in [4.69, 9.17) is 0 Å². The summed E-state index contributed by atoms with van der Waals surface area (Å²) in [4.78, 5) is 18.0. The monoisotopic (exact) mass is 309 g/mol. The summed E-state index contributed by atoms with van der Waals surface area (Å²) < 4.78 is 0.